The summed E-state index contributed by atoms with van der Waals surface area (Å²) in [7, 11) is 1.56. The second kappa shape index (κ2) is 14.3. The van der Waals surface area contributed by atoms with E-state index in [9.17, 15) is 29.1 Å². The van der Waals surface area contributed by atoms with Gasteiger partial charge in [-0.15, -0.1) is 6.58 Å². The molecule has 1 aromatic heterocycles. The van der Waals surface area contributed by atoms with Crippen molar-refractivity contribution in [2.45, 2.75) is 70.3 Å². The van der Waals surface area contributed by atoms with Gasteiger partial charge in [0.2, 0.25) is 17.7 Å². The number of amides is 5. The number of carbonyl (C=O) groups excluding carboxylic acids is 4. The maximum absolute atomic E-state index is 14.4. The SMILES string of the molecule is C=C[C@H]1CC1(NC(=O)[C@@H]1C[C@@H](Oc2cc(-c3ccccc3)nc3cc(OC)ccc23)CN1C(=O)[C@@H](NC(=O)N[C@@H](C)C(N)=O)C(C)(C)C)C(=O)O. The second-order valence-corrected chi connectivity index (χ2v) is 14.1. The van der Waals surface area contributed by atoms with Crippen LogP contribution in [0.2, 0.25) is 0 Å². The predicted molar refractivity (Wildman–Crippen MR) is 189 cm³/mol. The molecule has 14 nitrogen and oxygen atoms in total. The molecule has 2 aliphatic rings. The Balaban J connectivity index is 1.50. The molecule has 1 unspecified atom stereocenters. The van der Waals surface area contributed by atoms with E-state index in [-0.39, 0.29) is 19.4 Å². The molecule has 2 fully saturated rings. The van der Waals surface area contributed by atoms with E-state index in [0.717, 1.165) is 5.56 Å². The fraction of sp³-hybridized carbons (Fsp3) is 0.405. The molecule has 1 saturated heterocycles. The van der Waals surface area contributed by atoms with Crippen LogP contribution in [-0.4, -0.2) is 88.1 Å². The fourth-order valence-corrected chi connectivity index (χ4v) is 6.29. The molecule has 5 amide bonds. The molecule has 270 valence electrons. The van der Waals surface area contributed by atoms with Crippen molar-refractivity contribution in [2.24, 2.45) is 17.1 Å². The van der Waals surface area contributed by atoms with Crippen LogP contribution in [0.3, 0.4) is 0 Å². The molecule has 1 aliphatic heterocycles. The van der Waals surface area contributed by atoms with E-state index in [1.54, 1.807) is 46.1 Å². The van der Waals surface area contributed by atoms with Gasteiger partial charge in [-0.05, 0) is 30.9 Å². The first-order valence-corrected chi connectivity index (χ1v) is 16.6. The number of ether oxygens (including phenoxy) is 2. The minimum absolute atomic E-state index is 0.0223. The maximum Gasteiger partial charge on any atom is 0.330 e. The quantitative estimate of drug-likeness (QED) is 0.176. The number of fused-ring (bicyclic) bond motifs is 1. The van der Waals surface area contributed by atoms with Gasteiger partial charge in [0.1, 0.15) is 41.3 Å². The Morgan fingerprint density at radius 3 is 2.39 bits per heavy atom. The summed E-state index contributed by atoms with van der Waals surface area (Å²) in [5, 5.41) is 18.4. The first-order chi connectivity index (χ1) is 24.1. The fourth-order valence-electron chi connectivity index (χ4n) is 6.29. The third-order valence-electron chi connectivity index (χ3n) is 9.38. The van der Waals surface area contributed by atoms with Crippen LogP contribution in [0, 0.1) is 11.3 Å². The number of methoxy groups -OCH3 is 1. The van der Waals surface area contributed by atoms with Crippen LogP contribution in [0.15, 0.2) is 67.3 Å². The number of aromatic nitrogens is 1. The molecule has 3 aromatic rings. The van der Waals surface area contributed by atoms with Crippen molar-refractivity contribution < 1.29 is 38.6 Å². The molecule has 1 aliphatic carbocycles. The molecule has 51 heavy (non-hydrogen) atoms. The molecule has 1 saturated carbocycles. The van der Waals surface area contributed by atoms with Crippen LogP contribution >= 0.6 is 0 Å². The number of aliphatic carboxylic acids is 1. The Hall–Kier alpha value is -5.66. The topological polar surface area (TPSA) is 202 Å². The minimum atomic E-state index is -1.54. The summed E-state index contributed by atoms with van der Waals surface area (Å²) in [6, 6.07) is 12.6. The second-order valence-electron chi connectivity index (χ2n) is 14.1. The Morgan fingerprint density at radius 2 is 1.80 bits per heavy atom. The Labute approximate surface area is 295 Å². The first kappa shape index (κ1) is 36.6. The predicted octanol–water partition coefficient (Wildman–Crippen LogP) is 2.99. The zero-order valence-electron chi connectivity index (χ0n) is 29.3. The number of primary amides is 1. The summed E-state index contributed by atoms with van der Waals surface area (Å²) in [6.45, 7) is 10.3. The number of pyridine rings is 1. The van der Waals surface area contributed by atoms with E-state index in [4.69, 9.17) is 20.2 Å². The largest absolute Gasteiger partial charge is 0.497 e. The van der Waals surface area contributed by atoms with Gasteiger partial charge in [-0.2, -0.15) is 0 Å². The van der Waals surface area contributed by atoms with Gasteiger partial charge < -0.3 is 41.2 Å². The molecular weight excluding hydrogens is 656 g/mol. The third-order valence-corrected chi connectivity index (χ3v) is 9.38. The van der Waals surface area contributed by atoms with Gasteiger partial charge in [0.15, 0.2) is 0 Å². The number of carbonyl (C=O) groups is 5. The smallest absolute Gasteiger partial charge is 0.330 e. The van der Waals surface area contributed by atoms with Crippen LogP contribution in [0.4, 0.5) is 4.79 Å². The van der Waals surface area contributed by atoms with Crippen LogP contribution < -0.4 is 31.2 Å². The van der Waals surface area contributed by atoms with Crippen molar-refractivity contribution >= 4 is 40.6 Å². The van der Waals surface area contributed by atoms with E-state index in [1.165, 1.54) is 17.9 Å². The van der Waals surface area contributed by atoms with Gasteiger partial charge in [-0.25, -0.2) is 14.6 Å². The molecule has 2 aromatic carbocycles. The lowest BCUT2D eigenvalue weighted by molar-refractivity contribution is -0.146. The van der Waals surface area contributed by atoms with Gasteiger partial charge >= 0.3 is 12.0 Å². The van der Waals surface area contributed by atoms with Crippen molar-refractivity contribution in [3.05, 3.63) is 67.3 Å². The standard InChI is InChI=1S/C37H44N6O8/c1-7-22-18-37(22,34(47)48)42-32(45)28-16-24(19-43(28)33(46)30(36(3,4)5)41-35(49)39-20(2)31(38)44)51-29-17-26(21-11-9-8-10-12-21)40-27-15-23(50-6)13-14-25(27)29/h7-15,17,20,22,24,28,30H,1,16,18-19H2,2-6H3,(H2,38,44)(H,42,45)(H,47,48)(H2,39,41,49)/t20-,22-,24+,28-,30+,37?/m0/s1. The lowest BCUT2D eigenvalue weighted by atomic mass is 9.85. The van der Waals surface area contributed by atoms with Crippen molar-refractivity contribution in [1.29, 1.82) is 0 Å². The molecule has 0 radical (unpaired) electrons. The number of nitrogens with zero attached hydrogens (tertiary/aromatic N) is 2. The van der Waals surface area contributed by atoms with Crippen LogP contribution in [0.5, 0.6) is 11.5 Å². The number of nitrogens with two attached hydrogens (primary N) is 1. The van der Waals surface area contributed by atoms with E-state index in [0.29, 0.717) is 28.1 Å². The molecule has 0 spiro atoms. The number of carboxylic acids is 1. The van der Waals surface area contributed by atoms with E-state index >= 15 is 0 Å². The van der Waals surface area contributed by atoms with E-state index in [2.05, 4.69) is 22.5 Å². The van der Waals surface area contributed by atoms with Gasteiger partial charge in [-0.3, -0.25) is 14.4 Å². The number of urea groups is 1. The number of likely N-dealkylation sites (tertiary alicyclic amines) is 1. The highest BCUT2D eigenvalue weighted by Crippen LogP contribution is 2.45. The Bertz CT molecular complexity index is 1860. The molecule has 5 rings (SSSR count). The number of nitrogens with one attached hydrogen (secondary N) is 3. The van der Waals surface area contributed by atoms with Crippen LogP contribution in [0.25, 0.3) is 22.2 Å². The van der Waals surface area contributed by atoms with Crippen LogP contribution in [0.1, 0.15) is 40.5 Å². The zero-order chi connectivity index (χ0) is 37.2. The summed E-state index contributed by atoms with van der Waals surface area (Å²) in [5.41, 5.74) is 4.99. The molecular formula is C37H44N6O8. The summed E-state index contributed by atoms with van der Waals surface area (Å²) in [6.07, 6.45) is 0.948. The highest BCUT2D eigenvalue weighted by molar-refractivity contribution is 5.97. The molecule has 0 bridgehead atoms. The third kappa shape index (κ3) is 7.74. The summed E-state index contributed by atoms with van der Waals surface area (Å²) in [4.78, 5) is 71.3. The van der Waals surface area contributed by atoms with Gasteiger partial charge in [0.05, 0.1) is 24.9 Å². The normalized spacial score (nSPS) is 22.3. The highest BCUT2D eigenvalue weighted by Gasteiger charge is 2.61. The number of hydrogen-bond donors (Lipinski definition) is 5. The van der Waals surface area contributed by atoms with Gasteiger partial charge in [-0.1, -0.05) is 57.2 Å². The zero-order valence-corrected chi connectivity index (χ0v) is 29.3. The lowest BCUT2D eigenvalue weighted by Crippen LogP contribution is -2.61. The number of hydrogen-bond acceptors (Lipinski definition) is 8. The lowest BCUT2D eigenvalue weighted by Gasteiger charge is -2.35. The summed E-state index contributed by atoms with van der Waals surface area (Å²) >= 11 is 0. The van der Waals surface area contributed by atoms with Crippen molar-refractivity contribution in [3.8, 4) is 22.8 Å². The van der Waals surface area contributed by atoms with Gasteiger partial charge in [0, 0.05) is 35.4 Å². The van der Waals surface area contributed by atoms with Crippen LogP contribution in [-0.2, 0) is 19.2 Å². The molecule has 14 heteroatoms. The highest BCUT2D eigenvalue weighted by atomic mass is 16.5. The van der Waals surface area contributed by atoms with Crippen molar-refractivity contribution in [1.82, 2.24) is 25.8 Å². The number of carboxylic acid groups (broad SMARTS) is 1. The Kier molecular flexibility index (Phi) is 10.3. The summed E-state index contributed by atoms with van der Waals surface area (Å²) in [5.74, 6) is -2.65. The van der Waals surface area contributed by atoms with E-state index < -0.39 is 70.8 Å². The van der Waals surface area contributed by atoms with Gasteiger partial charge in [0.25, 0.3) is 0 Å². The van der Waals surface area contributed by atoms with Crippen molar-refractivity contribution in [2.75, 3.05) is 13.7 Å². The van der Waals surface area contributed by atoms with Crippen molar-refractivity contribution in [3.63, 3.8) is 0 Å². The minimum Gasteiger partial charge on any atom is -0.497 e. The number of benzene rings is 2. The molecule has 2 heterocycles. The first-order valence-electron chi connectivity index (χ1n) is 16.6. The average Bonchev–Trinajstić information content (AvgIpc) is 3.65. The van der Waals surface area contributed by atoms with E-state index in [1.807, 2.05) is 36.4 Å². The summed E-state index contributed by atoms with van der Waals surface area (Å²) < 4.78 is 12.0. The average molecular weight is 701 g/mol. The molecule has 6 N–H and O–H groups in total. The maximum atomic E-state index is 14.4. The Morgan fingerprint density at radius 1 is 1.10 bits per heavy atom. The number of rotatable bonds is 12. The molecule has 6 atom stereocenters. The monoisotopic (exact) mass is 700 g/mol.